The largest absolute Gasteiger partial charge is 0.461 e. The van der Waals surface area contributed by atoms with Crippen LogP contribution in [0, 0.1) is 35.8 Å². The average Bonchev–Trinajstić information content (AvgIpc) is 3.39. The number of aromatic nitrogens is 3. The second-order valence-corrected chi connectivity index (χ2v) is 13.3. The van der Waals surface area contributed by atoms with Gasteiger partial charge in [-0.3, -0.25) is 9.88 Å². The van der Waals surface area contributed by atoms with Crippen LogP contribution in [0.1, 0.15) is 37.7 Å². The van der Waals surface area contributed by atoms with Crippen molar-refractivity contribution in [2.24, 2.45) is 11.8 Å². The first kappa shape index (κ1) is 26.3. The number of halogens is 2. The lowest BCUT2D eigenvalue weighted by molar-refractivity contribution is 0.0829. The zero-order valence-corrected chi connectivity index (χ0v) is 24.3. The maximum absolute atomic E-state index is 16.8. The number of piperazine rings is 1. The van der Waals surface area contributed by atoms with Crippen LogP contribution < -0.4 is 20.7 Å². The van der Waals surface area contributed by atoms with E-state index in [2.05, 4.69) is 31.0 Å². The predicted molar refractivity (Wildman–Crippen MR) is 165 cm³/mol. The van der Waals surface area contributed by atoms with Crippen LogP contribution in [0.4, 0.5) is 20.3 Å². The fourth-order valence-corrected chi connectivity index (χ4v) is 8.78. The quantitative estimate of drug-likeness (QED) is 0.259. The molecule has 10 heteroatoms. The highest BCUT2D eigenvalue weighted by Gasteiger charge is 2.63. The Hall–Kier alpha value is -4.07. The number of nitrogen functional groups attached to an aromatic ring is 1. The van der Waals surface area contributed by atoms with E-state index in [-0.39, 0.29) is 28.3 Å². The number of nitrogens with zero attached hydrogens (tertiary/aromatic N) is 5. The molecule has 4 saturated heterocycles. The number of anilines is 2. The number of rotatable bonds is 5. The molecule has 8 nitrogen and oxygen atoms in total. The van der Waals surface area contributed by atoms with E-state index in [9.17, 15) is 4.39 Å². The number of pyridine rings is 1. The van der Waals surface area contributed by atoms with Gasteiger partial charge in [0.2, 0.25) is 0 Å². The second-order valence-electron chi connectivity index (χ2n) is 13.3. The molecular formula is C34H33F2N7O. The summed E-state index contributed by atoms with van der Waals surface area (Å²) >= 11 is 0. The molecular weight excluding hydrogens is 560 g/mol. The molecule has 0 amide bonds. The average molecular weight is 594 g/mol. The zero-order valence-electron chi connectivity index (χ0n) is 24.3. The van der Waals surface area contributed by atoms with Crippen molar-refractivity contribution in [1.82, 2.24) is 25.2 Å². The summed E-state index contributed by atoms with van der Waals surface area (Å²) in [5, 5.41) is 5.17. The Morgan fingerprint density at radius 3 is 2.80 bits per heavy atom. The van der Waals surface area contributed by atoms with Crippen molar-refractivity contribution in [2.45, 2.75) is 49.7 Å². The summed E-state index contributed by atoms with van der Waals surface area (Å²) in [4.78, 5) is 19.0. The molecule has 9 rings (SSSR count). The summed E-state index contributed by atoms with van der Waals surface area (Å²) in [6.07, 6.45) is 13.1. The van der Waals surface area contributed by atoms with E-state index in [1.165, 1.54) is 12.5 Å². The minimum atomic E-state index is -0.642. The number of benzene rings is 2. The molecule has 0 unspecified atom stereocenters. The molecule has 5 atom stereocenters. The van der Waals surface area contributed by atoms with Crippen LogP contribution >= 0.6 is 0 Å². The van der Waals surface area contributed by atoms with E-state index in [4.69, 9.17) is 21.9 Å². The van der Waals surface area contributed by atoms with Gasteiger partial charge in [0.25, 0.3) is 0 Å². The SMILES string of the molecule is C#Cc1c(F)ccc2cc(N)cc(-c3ncc4c(N5C[C@H]6CC[C@@H](C5)N6)nc(OC[C@@]56CCCN5C[C@@H]5C[C@@H]56)nc4c3F)c12. The Morgan fingerprint density at radius 2 is 1.98 bits per heavy atom. The lowest BCUT2D eigenvalue weighted by atomic mass is 9.92. The van der Waals surface area contributed by atoms with Crippen LogP contribution in [0.3, 0.4) is 0 Å². The van der Waals surface area contributed by atoms with Crippen LogP contribution in [0.25, 0.3) is 32.9 Å². The van der Waals surface area contributed by atoms with Gasteiger partial charge in [0.05, 0.1) is 16.5 Å². The standard InChI is InChI=1S/C34H33F2N7O/c1-2-23-27(35)7-4-18-10-20(37)12-24(28(18)23)30-29(36)31-25(13-38-30)32(42-15-21-5-6-22(16-42)39-21)41-33(40-31)44-17-34-8-3-9-43(34)14-19-11-26(19)34/h1,4,7,10,12-13,19,21-22,26,39H,3,5-6,8-9,11,14-17,37H2/t19-,21-,22+,26-,34+/m0/s1. The minimum Gasteiger partial charge on any atom is -0.461 e. The van der Waals surface area contributed by atoms with Crippen molar-refractivity contribution >= 4 is 33.2 Å². The van der Waals surface area contributed by atoms with Gasteiger partial charge in [0.1, 0.15) is 29.5 Å². The molecule has 2 aromatic heterocycles. The van der Waals surface area contributed by atoms with E-state index in [0.717, 1.165) is 57.8 Å². The Balaban J connectivity index is 1.19. The van der Waals surface area contributed by atoms with Gasteiger partial charge in [-0.05, 0) is 74.1 Å². The third-order valence-corrected chi connectivity index (χ3v) is 10.8. The summed E-state index contributed by atoms with van der Waals surface area (Å²) in [6.45, 7) is 4.26. The fraction of sp³-hybridized carbons (Fsp3) is 0.441. The van der Waals surface area contributed by atoms with Crippen molar-refractivity contribution < 1.29 is 13.5 Å². The van der Waals surface area contributed by atoms with Crippen LogP contribution in [0.15, 0.2) is 30.5 Å². The van der Waals surface area contributed by atoms with Crippen molar-refractivity contribution in [3.63, 3.8) is 0 Å². The highest BCUT2D eigenvalue weighted by molar-refractivity contribution is 6.03. The smallest absolute Gasteiger partial charge is 0.319 e. The molecule has 2 aromatic carbocycles. The molecule has 4 aromatic rings. The van der Waals surface area contributed by atoms with Gasteiger partial charge in [-0.2, -0.15) is 9.97 Å². The first-order valence-electron chi connectivity index (χ1n) is 15.7. The fourth-order valence-electron chi connectivity index (χ4n) is 8.78. The number of terminal acetylenes is 1. The highest BCUT2D eigenvalue weighted by Crippen LogP contribution is 2.59. The van der Waals surface area contributed by atoms with Gasteiger partial charge in [0.15, 0.2) is 5.82 Å². The Morgan fingerprint density at radius 1 is 1.14 bits per heavy atom. The summed E-state index contributed by atoms with van der Waals surface area (Å²) < 4.78 is 38.1. The topological polar surface area (TPSA) is 92.4 Å². The van der Waals surface area contributed by atoms with Crippen LogP contribution in [0.2, 0.25) is 0 Å². The van der Waals surface area contributed by atoms with E-state index >= 15 is 4.39 Å². The van der Waals surface area contributed by atoms with Gasteiger partial charge in [-0.1, -0.05) is 12.0 Å². The van der Waals surface area contributed by atoms with Gasteiger partial charge in [-0.25, -0.2) is 8.78 Å². The number of fused-ring (bicyclic) bond motifs is 7. The lowest BCUT2D eigenvalue weighted by Gasteiger charge is -2.35. The number of ether oxygens (including phenoxy) is 1. The molecule has 224 valence electrons. The van der Waals surface area contributed by atoms with E-state index in [1.54, 1.807) is 24.4 Å². The summed E-state index contributed by atoms with van der Waals surface area (Å²) in [6, 6.07) is 7.06. The van der Waals surface area contributed by atoms with Crippen molar-refractivity contribution in [2.75, 3.05) is 43.4 Å². The molecule has 6 heterocycles. The maximum atomic E-state index is 16.8. The zero-order chi connectivity index (χ0) is 29.7. The molecule has 5 aliphatic rings. The Bertz CT molecular complexity index is 1900. The molecule has 44 heavy (non-hydrogen) atoms. The first-order chi connectivity index (χ1) is 21.4. The van der Waals surface area contributed by atoms with E-state index in [0.29, 0.717) is 57.8 Å². The summed E-state index contributed by atoms with van der Waals surface area (Å²) in [7, 11) is 0. The molecule has 4 aliphatic heterocycles. The predicted octanol–water partition coefficient (Wildman–Crippen LogP) is 4.49. The number of nitrogens with two attached hydrogens (primary N) is 1. The van der Waals surface area contributed by atoms with Crippen molar-refractivity contribution in [3.8, 4) is 29.6 Å². The van der Waals surface area contributed by atoms with Crippen molar-refractivity contribution in [1.29, 1.82) is 0 Å². The Labute approximate surface area is 254 Å². The number of hydrogen-bond acceptors (Lipinski definition) is 8. The summed E-state index contributed by atoms with van der Waals surface area (Å²) in [5.74, 6) is 3.28. The van der Waals surface area contributed by atoms with E-state index < -0.39 is 11.6 Å². The van der Waals surface area contributed by atoms with Gasteiger partial charge < -0.3 is 20.7 Å². The lowest BCUT2D eigenvalue weighted by Crippen LogP contribution is -2.51. The van der Waals surface area contributed by atoms with Crippen LogP contribution in [-0.4, -0.2) is 70.3 Å². The van der Waals surface area contributed by atoms with Crippen molar-refractivity contribution in [3.05, 3.63) is 47.7 Å². The Kier molecular flexibility index (Phi) is 5.67. The summed E-state index contributed by atoms with van der Waals surface area (Å²) in [5.41, 5.74) is 7.13. The molecule has 5 fully saturated rings. The number of piperidine rings is 1. The second kappa shape index (κ2) is 9.46. The van der Waals surface area contributed by atoms with Crippen LogP contribution in [0.5, 0.6) is 6.01 Å². The minimum absolute atomic E-state index is 0.00468. The van der Waals surface area contributed by atoms with Gasteiger partial charge in [0, 0.05) is 54.6 Å². The molecule has 0 radical (unpaired) electrons. The molecule has 3 N–H and O–H groups in total. The van der Waals surface area contributed by atoms with Crippen LogP contribution in [-0.2, 0) is 0 Å². The molecule has 2 bridgehead atoms. The monoisotopic (exact) mass is 593 g/mol. The maximum Gasteiger partial charge on any atom is 0.319 e. The number of hydrogen-bond donors (Lipinski definition) is 2. The molecule has 1 aliphatic carbocycles. The van der Waals surface area contributed by atoms with Gasteiger partial charge in [-0.15, -0.1) is 6.42 Å². The van der Waals surface area contributed by atoms with Gasteiger partial charge >= 0.3 is 6.01 Å². The van der Waals surface area contributed by atoms with E-state index in [1.807, 2.05) is 0 Å². The first-order valence-corrected chi connectivity index (χ1v) is 15.7. The number of nitrogens with one attached hydrogen (secondary N) is 1. The third-order valence-electron chi connectivity index (χ3n) is 10.8. The third kappa shape index (κ3) is 3.85. The highest BCUT2D eigenvalue weighted by atomic mass is 19.1. The molecule has 1 saturated carbocycles. The molecule has 0 spiro atoms. The normalized spacial score (nSPS) is 28.8.